The van der Waals surface area contributed by atoms with E-state index in [-0.39, 0.29) is 5.78 Å². The van der Waals surface area contributed by atoms with Crippen molar-refractivity contribution in [3.63, 3.8) is 0 Å². The summed E-state index contributed by atoms with van der Waals surface area (Å²) in [6.07, 6.45) is 0. The first-order chi connectivity index (χ1) is 6.02. The number of rotatable bonds is 2. The van der Waals surface area contributed by atoms with Crippen molar-refractivity contribution in [1.29, 1.82) is 0 Å². The number of hydrogen-bond donors (Lipinski definition) is 0. The van der Waals surface area contributed by atoms with Crippen LogP contribution in [0.1, 0.15) is 42.6 Å². The number of ketones is 1. The maximum Gasteiger partial charge on any atom is 0.161 e. The molecule has 0 aliphatic heterocycles. The second-order valence-electron chi connectivity index (χ2n) is 3.45. The Kier molecular flexibility index (Phi) is 3.10. The smallest absolute Gasteiger partial charge is 0.161 e. The van der Waals surface area contributed by atoms with Crippen LogP contribution in [0.3, 0.4) is 0 Å². The van der Waals surface area contributed by atoms with Gasteiger partial charge in [-0.15, -0.1) is 0 Å². The van der Waals surface area contributed by atoms with Crippen LogP contribution in [0.15, 0.2) is 18.2 Å². The topological polar surface area (TPSA) is 17.1 Å². The molecule has 13 heavy (non-hydrogen) atoms. The lowest BCUT2D eigenvalue weighted by Gasteiger charge is -2.07. The summed E-state index contributed by atoms with van der Waals surface area (Å²) in [6, 6.07) is 5.61. The van der Waals surface area contributed by atoms with E-state index in [4.69, 9.17) is 11.6 Å². The zero-order valence-corrected chi connectivity index (χ0v) is 8.85. The molecule has 0 aliphatic rings. The molecule has 0 saturated carbocycles. The molecule has 0 atom stereocenters. The number of halogens is 1. The summed E-state index contributed by atoms with van der Waals surface area (Å²) in [7, 11) is 0. The molecule has 0 heterocycles. The highest BCUT2D eigenvalue weighted by atomic mass is 35.5. The van der Waals surface area contributed by atoms with Gasteiger partial charge in [0.1, 0.15) is 0 Å². The highest BCUT2D eigenvalue weighted by Crippen LogP contribution is 2.22. The fraction of sp³-hybridized carbons (Fsp3) is 0.364. The van der Waals surface area contributed by atoms with E-state index >= 15 is 0 Å². The average molecular weight is 197 g/mol. The predicted molar refractivity (Wildman–Crippen MR) is 55.5 cm³/mol. The minimum Gasteiger partial charge on any atom is -0.294 e. The fourth-order valence-electron chi connectivity index (χ4n) is 1.17. The Bertz CT molecular complexity index is 329. The number of carbonyl (C=O) groups excluding carboxylic acids is 1. The number of carbonyl (C=O) groups is 1. The Labute approximate surface area is 83.7 Å². The molecular weight excluding hydrogens is 184 g/mol. The van der Waals surface area contributed by atoms with Crippen LogP contribution in [-0.2, 0) is 0 Å². The first-order valence-electron chi connectivity index (χ1n) is 4.32. The minimum absolute atomic E-state index is 0.0208. The summed E-state index contributed by atoms with van der Waals surface area (Å²) >= 11 is 5.88. The molecule has 0 aliphatic carbocycles. The third-order valence-corrected chi connectivity index (χ3v) is 2.37. The second kappa shape index (κ2) is 3.93. The Hall–Kier alpha value is -0.820. The van der Waals surface area contributed by atoms with Crippen LogP contribution in [0.2, 0.25) is 5.02 Å². The van der Waals surface area contributed by atoms with E-state index in [1.165, 1.54) is 6.92 Å². The van der Waals surface area contributed by atoms with Crippen molar-refractivity contribution in [1.82, 2.24) is 0 Å². The molecule has 1 nitrogen and oxygen atoms in total. The lowest BCUT2D eigenvalue weighted by Crippen LogP contribution is -1.96. The molecule has 0 radical (unpaired) electrons. The van der Waals surface area contributed by atoms with E-state index in [1.807, 2.05) is 12.1 Å². The molecule has 0 saturated heterocycles. The largest absolute Gasteiger partial charge is 0.294 e. The summed E-state index contributed by atoms with van der Waals surface area (Å²) in [4.78, 5) is 11.2. The maximum atomic E-state index is 11.2. The maximum absolute atomic E-state index is 11.2. The van der Waals surface area contributed by atoms with Crippen molar-refractivity contribution in [2.75, 3.05) is 0 Å². The molecule has 0 amide bonds. The Morgan fingerprint density at radius 2 is 2.00 bits per heavy atom. The normalized spacial score (nSPS) is 10.5. The Morgan fingerprint density at radius 3 is 2.46 bits per heavy atom. The summed E-state index contributed by atoms with van der Waals surface area (Å²) in [5, 5.41) is 0.539. The van der Waals surface area contributed by atoms with Gasteiger partial charge in [0.2, 0.25) is 0 Å². The van der Waals surface area contributed by atoms with E-state index in [0.29, 0.717) is 16.5 Å². The monoisotopic (exact) mass is 196 g/mol. The number of benzene rings is 1. The van der Waals surface area contributed by atoms with Crippen LogP contribution in [0.25, 0.3) is 0 Å². The molecule has 0 spiro atoms. The Balaban J connectivity index is 3.19. The zero-order valence-electron chi connectivity index (χ0n) is 8.10. The van der Waals surface area contributed by atoms with Gasteiger partial charge in [-0.25, -0.2) is 0 Å². The summed E-state index contributed by atoms with van der Waals surface area (Å²) in [5.74, 6) is 0.447. The van der Waals surface area contributed by atoms with E-state index in [2.05, 4.69) is 13.8 Å². The fourth-order valence-corrected chi connectivity index (χ4v) is 1.42. The van der Waals surface area contributed by atoms with Gasteiger partial charge < -0.3 is 0 Å². The van der Waals surface area contributed by atoms with E-state index < -0.39 is 0 Å². The average Bonchev–Trinajstić information content (AvgIpc) is 2.04. The molecule has 0 aromatic heterocycles. The zero-order chi connectivity index (χ0) is 10.0. The van der Waals surface area contributed by atoms with Crippen molar-refractivity contribution in [2.24, 2.45) is 0 Å². The van der Waals surface area contributed by atoms with Crippen LogP contribution in [0.4, 0.5) is 0 Å². The van der Waals surface area contributed by atoms with E-state index in [0.717, 1.165) is 5.56 Å². The van der Waals surface area contributed by atoms with Crippen molar-refractivity contribution in [3.8, 4) is 0 Å². The van der Waals surface area contributed by atoms with Gasteiger partial charge in [-0.3, -0.25) is 4.79 Å². The summed E-state index contributed by atoms with van der Waals surface area (Å²) in [6.45, 7) is 5.71. The molecule has 1 aromatic rings. The van der Waals surface area contributed by atoms with Crippen molar-refractivity contribution in [2.45, 2.75) is 26.7 Å². The molecule has 0 fully saturated rings. The molecule has 0 N–H and O–H groups in total. The standard InChI is InChI=1S/C11H13ClO/c1-7(2)9-4-5-11(12)10(6-9)8(3)13/h4-7H,1-3H3. The van der Waals surface area contributed by atoms with Gasteiger partial charge in [0.05, 0.1) is 5.02 Å². The lowest BCUT2D eigenvalue weighted by molar-refractivity contribution is 0.101. The molecule has 70 valence electrons. The van der Waals surface area contributed by atoms with Crippen LogP contribution >= 0.6 is 11.6 Å². The molecule has 0 unspecified atom stereocenters. The molecule has 1 aromatic carbocycles. The molecular formula is C11H13ClO. The number of Topliss-reactive ketones (excluding diaryl/α,β-unsaturated/α-hetero) is 1. The van der Waals surface area contributed by atoms with Gasteiger partial charge in [-0.05, 0) is 30.5 Å². The van der Waals surface area contributed by atoms with Gasteiger partial charge in [0.15, 0.2) is 5.78 Å². The summed E-state index contributed by atoms with van der Waals surface area (Å²) < 4.78 is 0. The van der Waals surface area contributed by atoms with Crippen molar-refractivity contribution >= 4 is 17.4 Å². The highest BCUT2D eigenvalue weighted by molar-refractivity contribution is 6.33. The summed E-state index contributed by atoms with van der Waals surface area (Å²) in [5.41, 5.74) is 1.77. The van der Waals surface area contributed by atoms with E-state index in [1.54, 1.807) is 6.07 Å². The Morgan fingerprint density at radius 1 is 1.38 bits per heavy atom. The van der Waals surface area contributed by atoms with Crippen LogP contribution < -0.4 is 0 Å². The predicted octanol–water partition coefficient (Wildman–Crippen LogP) is 3.67. The third kappa shape index (κ3) is 2.31. The van der Waals surface area contributed by atoms with Gasteiger partial charge in [0.25, 0.3) is 0 Å². The second-order valence-corrected chi connectivity index (χ2v) is 3.86. The van der Waals surface area contributed by atoms with Crippen LogP contribution in [0, 0.1) is 0 Å². The number of hydrogen-bond acceptors (Lipinski definition) is 1. The van der Waals surface area contributed by atoms with Gasteiger partial charge >= 0.3 is 0 Å². The van der Waals surface area contributed by atoms with Crippen LogP contribution in [-0.4, -0.2) is 5.78 Å². The lowest BCUT2D eigenvalue weighted by atomic mass is 10.00. The van der Waals surface area contributed by atoms with Gasteiger partial charge in [-0.2, -0.15) is 0 Å². The van der Waals surface area contributed by atoms with Crippen molar-refractivity contribution < 1.29 is 4.79 Å². The quantitative estimate of drug-likeness (QED) is 0.660. The van der Waals surface area contributed by atoms with Gasteiger partial charge in [0, 0.05) is 5.56 Å². The highest BCUT2D eigenvalue weighted by Gasteiger charge is 2.07. The molecule has 2 heteroatoms. The molecule has 1 rings (SSSR count). The minimum atomic E-state index is 0.0208. The van der Waals surface area contributed by atoms with Gasteiger partial charge in [-0.1, -0.05) is 31.5 Å². The van der Waals surface area contributed by atoms with Crippen molar-refractivity contribution in [3.05, 3.63) is 34.3 Å². The van der Waals surface area contributed by atoms with Crippen LogP contribution in [0.5, 0.6) is 0 Å². The van der Waals surface area contributed by atoms with E-state index in [9.17, 15) is 4.79 Å². The first-order valence-corrected chi connectivity index (χ1v) is 4.70. The molecule has 0 bridgehead atoms. The SMILES string of the molecule is CC(=O)c1cc(C(C)C)ccc1Cl. The first kappa shape index (κ1) is 10.3. The third-order valence-electron chi connectivity index (χ3n) is 2.04.